The van der Waals surface area contributed by atoms with Crippen molar-refractivity contribution >= 4 is 0 Å². The van der Waals surface area contributed by atoms with Crippen molar-refractivity contribution in [3.63, 3.8) is 0 Å². The minimum Gasteiger partial charge on any atom is -0.390 e. The first kappa shape index (κ1) is 15.2. The average molecular weight is 250 g/mol. The number of ether oxygens (including phenoxy) is 1. The fourth-order valence-corrected chi connectivity index (χ4v) is 1.97. The van der Waals surface area contributed by atoms with Crippen LogP contribution < -0.4 is 0 Å². The van der Waals surface area contributed by atoms with Crippen LogP contribution in [-0.2, 0) is 16.6 Å². The van der Waals surface area contributed by atoms with E-state index in [1.807, 2.05) is 6.92 Å². The second-order valence-corrected chi connectivity index (χ2v) is 6.36. The molecule has 102 valence electrons. The Morgan fingerprint density at radius 3 is 2.06 bits per heavy atom. The summed E-state index contributed by atoms with van der Waals surface area (Å²) in [5.41, 5.74) is 1.97. The van der Waals surface area contributed by atoms with Crippen molar-refractivity contribution in [1.29, 1.82) is 0 Å². The van der Waals surface area contributed by atoms with Crippen LogP contribution in [0.25, 0.3) is 0 Å². The maximum atomic E-state index is 10.2. The van der Waals surface area contributed by atoms with Crippen molar-refractivity contribution in [3.8, 4) is 0 Å². The topological polar surface area (TPSA) is 29.5 Å². The summed E-state index contributed by atoms with van der Waals surface area (Å²) in [6, 6.07) is 8.53. The zero-order chi connectivity index (χ0) is 13.8. The Kier molecular flexibility index (Phi) is 4.94. The van der Waals surface area contributed by atoms with Crippen LogP contribution in [0.5, 0.6) is 0 Å². The van der Waals surface area contributed by atoms with Gasteiger partial charge in [0, 0.05) is 20.1 Å². The van der Waals surface area contributed by atoms with Crippen LogP contribution >= 0.6 is 0 Å². The second-order valence-electron chi connectivity index (χ2n) is 6.36. The van der Waals surface area contributed by atoms with Gasteiger partial charge in [-0.25, -0.2) is 0 Å². The molecular formula is C16H26O2. The van der Waals surface area contributed by atoms with E-state index in [1.54, 1.807) is 7.11 Å². The highest BCUT2D eigenvalue weighted by Crippen LogP contribution is 2.24. The molecule has 0 aromatic heterocycles. The predicted octanol–water partition coefficient (Wildman–Crippen LogP) is 3.31. The molecule has 0 aliphatic heterocycles. The molecule has 0 saturated heterocycles. The van der Waals surface area contributed by atoms with Gasteiger partial charge in [0.25, 0.3) is 0 Å². The van der Waals surface area contributed by atoms with E-state index in [2.05, 4.69) is 45.0 Å². The molecule has 0 amide bonds. The summed E-state index contributed by atoms with van der Waals surface area (Å²) >= 11 is 0. The third kappa shape index (κ3) is 4.79. The fraction of sp³-hybridized carbons (Fsp3) is 0.625. The smallest absolute Gasteiger partial charge is 0.0681 e. The van der Waals surface area contributed by atoms with Gasteiger partial charge in [-0.05, 0) is 29.9 Å². The highest BCUT2D eigenvalue weighted by Gasteiger charge is 2.21. The van der Waals surface area contributed by atoms with Crippen molar-refractivity contribution < 1.29 is 9.84 Å². The minimum atomic E-state index is -0.695. The molecule has 0 aliphatic rings. The predicted molar refractivity (Wildman–Crippen MR) is 76.0 cm³/mol. The molecule has 18 heavy (non-hydrogen) atoms. The van der Waals surface area contributed by atoms with Gasteiger partial charge in [-0.1, -0.05) is 45.0 Å². The van der Waals surface area contributed by atoms with Gasteiger partial charge in [0.05, 0.1) is 5.60 Å². The summed E-state index contributed by atoms with van der Waals surface area (Å²) in [6.07, 6.45) is 1.32. The van der Waals surface area contributed by atoms with Gasteiger partial charge >= 0.3 is 0 Å². The lowest BCUT2D eigenvalue weighted by Gasteiger charge is -2.24. The first-order chi connectivity index (χ1) is 8.24. The molecule has 0 spiro atoms. The zero-order valence-electron chi connectivity index (χ0n) is 12.3. The molecule has 1 aromatic carbocycles. The van der Waals surface area contributed by atoms with Crippen LogP contribution in [0.15, 0.2) is 24.3 Å². The van der Waals surface area contributed by atoms with Crippen molar-refractivity contribution in [2.24, 2.45) is 0 Å². The first-order valence-corrected chi connectivity index (χ1v) is 6.55. The van der Waals surface area contributed by atoms with E-state index >= 15 is 0 Å². The van der Waals surface area contributed by atoms with Gasteiger partial charge < -0.3 is 9.84 Å². The molecule has 2 heteroatoms. The summed E-state index contributed by atoms with van der Waals surface area (Å²) in [7, 11) is 1.66. The van der Waals surface area contributed by atoms with Crippen molar-refractivity contribution in [3.05, 3.63) is 35.4 Å². The van der Waals surface area contributed by atoms with E-state index in [0.717, 1.165) is 0 Å². The van der Waals surface area contributed by atoms with Gasteiger partial charge in [-0.2, -0.15) is 0 Å². The normalized spacial score (nSPS) is 15.4. The van der Waals surface area contributed by atoms with Gasteiger partial charge in [-0.15, -0.1) is 0 Å². The SMILES string of the molecule is COCCC(C)(O)Cc1ccc(C(C)(C)C)cc1. The Hall–Kier alpha value is -0.860. The van der Waals surface area contributed by atoms with Gasteiger partial charge in [0.2, 0.25) is 0 Å². The third-order valence-electron chi connectivity index (χ3n) is 3.25. The molecule has 0 fully saturated rings. The van der Waals surface area contributed by atoms with Gasteiger partial charge in [-0.3, -0.25) is 0 Å². The van der Waals surface area contributed by atoms with Crippen LogP contribution in [0, 0.1) is 0 Å². The Morgan fingerprint density at radius 2 is 1.61 bits per heavy atom. The van der Waals surface area contributed by atoms with Crippen molar-refractivity contribution in [1.82, 2.24) is 0 Å². The molecule has 0 aliphatic carbocycles. The van der Waals surface area contributed by atoms with Crippen LogP contribution in [0.4, 0.5) is 0 Å². The van der Waals surface area contributed by atoms with Crippen LogP contribution in [0.3, 0.4) is 0 Å². The quantitative estimate of drug-likeness (QED) is 0.868. The van der Waals surface area contributed by atoms with Crippen LogP contribution in [0.1, 0.15) is 45.2 Å². The number of hydrogen-bond donors (Lipinski definition) is 1. The summed E-state index contributed by atoms with van der Waals surface area (Å²) in [5, 5.41) is 10.2. The maximum Gasteiger partial charge on any atom is 0.0681 e. The number of methoxy groups -OCH3 is 1. The molecule has 0 heterocycles. The number of aliphatic hydroxyl groups is 1. The zero-order valence-corrected chi connectivity index (χ0v) is 12.3. The molecule has 1 N–H and O–H groups in total. The number of benzene rings is 1. The monoisotopic (exact) mass is 250 g/mol. The average Bonchev–Trinajstić information content (AvgIpc) is 2.25. The minimum absolute atomic E-state index is 0.178. The van der Waals surface area contributed by atoms with E-state index < -0.39 is 5.60 Å². The summed E-state index contributed by atoms with van der Waals surface area (Å²) in [5.74, 6) is 0. The Labute approximate surface area is 111 Å². The third-order valence-corrected chi connectivity index (χ3v) is 3.25. The lowest BCUT2D eigenvalue weighted by molar-refractivity contribution is 0.0249. The molecule has 1 unspecified atom stereocenters. The Balaban J connectivity index is 2.69. The summed E-state index contributed by atoms with van der Waals surface area (Å²) in [6.45, 7) is 9.07. The van der Waals surface area contributed by atoms with Crippen molar-refractivity contribution in [2.75, 3.05) is 13.7 Å². The molecular weight excluding hydrogens is 224 g/mol. The molecule has 0 radical (unpaired) electrons. The molecule has 1 atom stereocenters. The molecule has 0 saturated carbocycles. The number of rotatable bonds is 5. The van der Waals surface area contributed by atoms with Gasteiger partial charge in [0.15, 0.2) is 0 Å². The van der Waals surface area contributed by atoms with E-state index in [0.29, 0.717) is 19.4 Å². The van der Waals surface area contributed by atoms with E-state index in [1.165, 1.54) is 11.1 Å². The highest BCUT2D eigenvalue weighted by molar-refractivity contribution is 5.28. The lowest BCUT2D eigenvalue weighted by atomic mass is 9.85. The number of hydrogen-bond acceptors (Lipinski definition) is 2. The van der Waals surface area contributed by atoms with Gasteiger partial charge in [0.1, 0.15) is 0 Å². The fourth-order valence-electron chi connectivity index (χ4n) is 1.97. The lowest BCUT2D eigenvalue weighted by Crippen LogP contribution is -2.28. The van der Waals surface area contributed by atoms with E-state index in [9.17, 15) is 5.11 Å². The van der Waals surface area contributed by atoms with E-state index in [-0.39, 0.29) is 5.41 Å². The molecule has 1 aromatic rings. The summed E-state index contributed by atoms with van der Waals surface area (Å²) in [4.78, 5) is 0. The second kappa shape index (κ2) is 5.85. The largest absolute Gasteiger partial charge is 0.390 e. The Morgan fingerprint density at radius 1 is 1.06 bits per heavy atom. The van der Waals surface area contributed by atoms with E-state index in [4.69, 9.17) is 4.74 Å². The Bertz CT molecular complexity index is 358. The highest BCUT2D eigenvalue weighted by atomic mass is 16.5. The molecule has 1 rings (SSSR count). The standard InChI is InChI=1S/C16H26O2/c1-15(2,3)14-8-6-13(7-9-14)12-16(4,17)10-11-18-5/h6-9,17H,10-12H2,1-5H3. The maximum absolute atomic E-state index is 10.2. The molecule has 2 nitrogen and oxygen atoms in total. The van der Waals surface area contributed by atoms with Crippen LogP contribution in [0.2, 0.25) is 0 Å². The first-order valence-electron chi connectivity index (χ1n) is 6.55. The summed E-state index contributed by atoms with van der Waals surface area (Å²) < 4.78 is 5.02. The molecule has 0 bridgehead atoms. The van der Waals surface area contributed by atoms with Crippen LogP contribution in [-0.4, -0.2) is 24.4 Å². The van der Waals surface area contributed by atoms with Crippen molar-refractivity contribution in [2.45, 2.75) is 51.6 Å².